The summed E-state index contributed by atoms with van der Waals surface area (Å²) in [5.74, 6) is 1.49. The fourth-order valence-electron chi connectivity index (χ4n) is 2.66. The van der Waals surface area contributed by atoms with Gasteiger partial charge in [-0.3, -0.25) is 10.1 Å². The number of non-ortho nitro benzene ring substituents is 1. The van der Waals surface area contributed by atoms with Crippen molar-refractivity contribution >= 4 is 23.0 Å². The molecule has 0 amide bonds. The van der Waals surface area contributed by atoms with Crippen molar-refractivity contribution in [2.45, 2.75) is 6.04 Å². The normalized spacial score (nSPS) is 11.8. The van der Waals surface area contributed by atoms with Crippen molar-refractivity contribution in [1.29, 1.82) is 0 Å². The summed E-state index contributed by atoms with van der Waals surface area (Å²) in [6, 6.07) is 11.6. The van der Waals surface area contributed by atoms with Gasteiger partial charge in [0.1, 0.15) is 17.6 Å². The number of nitrogens with one attached hydrogen (secondary N) is 1. The number of halogens is 1. The molecule has 0 radical (unpaired) electrons. The van der Waals surface area contributed by atoms with Crippen molar-refractivity contribution in [3.63, 3.8) is 0 Å². The average molecular weight is 373 g/mol. The van der Waals surface area contributed by atoms with E-state index in [9.17, 15) is 10.1 Å². The number of imidazole rings is 1. The Balaban J connectivity index is 2.02. The first kappa shape index (κ1) is 17.8. The highest BCUT2D eigenvalue weighted by Gasteiger charge is 2.21. The Bertz CT molecular complexity index is 942. The highest BCUT2D eigenvalue weighted by atomic mass is 35.5. The van der Waals surface area contributed by atoms with E-state index in [1.54, 1.807) is 19.4 Å². The van der Waals surface area contributed by atoms with Crippen LogP contribution in [-0.4, -0.2) is 21.6 Å². The highest BCUT2D eigenvalue weighted by molar-refractivity contribution is 6.33. The summed E-state index contributed by atoms with van der Waals surface area (Å²) in [7, 11) is 3.50. The van der Waals surface area contributed by atoms with Crippen LogP contribution in [0.1, 0.15) is 17.4 Å². The van der Waals surface area contributed by atoms with Crippen molar-refractivity contribution in [3.05, 3.63) is 81.4 Å². The lowest BCUT2D eigenvalue weighted by atomic mass is 10.0. The molecule has 0 aliphatic heterocycles. The fraction of sp³-hybridized carbons (Fsp3) is 0.167. The van der Waals surface area contributed by atoms with Gasteiger partial charge in [-0.05, 0) is 23.8 Å². The minimum Gasteiger partial charge on any atom is -0.497 e. The monoisotopic (exact) mass is 372 g/mol. The predicted molar refractivity (Wildman–Crippen MR) is 99.8 cm³/mol. The third-order valence-corrected chi connectivity index (χ3v) is 4.32. The number of methoxy groups -OCH3 is 1. The van der Waals surface area contributed by atoms with Crippen LogP contribution in [0.15, 0.2) is 54.9 Å². The molecule has 0 aliphatic carbocycles. The van der Waals surface area contributed by atoms with Crippen molar-refractivity contribution < 1.29 is 9.66 Å². The number of aryl methyl sites for hydroxylation is 1. The maximum atomic E-state index is 10.9. The molecule has 1 aromatic heterocycles. The molecule has 0 saturated heterocycles. The van der Waals surface area contributed by atoms with Crippen LogP contribution in [0, 0.1) is 10.1 Å². The predicted octanol–water partition coefficient (Wildman–Crippen LogP) is 4.19. The van der Waals surface area contributed by atoms with Crippen LogP contribution < -0.4 is 10.1 Å². The lowest BCUT2D eigenvalue weighted by molar-refractivity contribution is -0.384. The average Bonchev–Trinajstić information content (AvgIpc) is 3.06. The maximum Gasteiger partial charge on any atom is 0.271 e. The number of hydrogen-bond acceptors (Lipinski definition) is 5. The van der Waals surface area contributed by atoms with E-state index in [-0.39, 0.29) is 16.8 Å². The van der Waals surface area contributed by atoms with E-state index >= 15 is 0 Å². The number of anilines is 1. The third-order valence-electron chi connectivity index (χ3n) is 4.01. The lowest BCUT2D eigenvalue weighted by Gasteiger charge is -2.21. The number of aromatic nitrogens is 2. The van der Waals surface area contributed by atoms with Crippen LogP contribution in [0.5, 0.6) is 5.75 Å². The molecule has 1 heterocycles. The zero-order valence-corrected chi connectivity index (χ0v) is 15.0. The van der Waals surface area contributed by atoms with Crippen LogP contribution in [0.4, 0.5) is 11.4 Å². The Morgan fingerprint density at radius 3 is 2.73 bits per heavy atom. The van der Waals surface area contributed by atoms with E-state index in [2.05, 4.69) is 10.3 Å². The summed E-state index contributed by atoms with van der Waals surface area (Å²) in [5.41, 5.74) is 1.44. The molecule has 8 heteroatoms. The Kier molecular flexibility index (Phi) is 5.09. The van der Waals surface area contributed by atoms with Gasteiger partial charge in [0.05, 0.1) is 22.7 Å². The van der Waals surface area contributed by atoms with Crippen LogP contribution in [0.2, 0.25) is 5.02 Å². The van der Waals surface area contributed by atoms with Crippen LogP contribution in [0.25, 0.3) is 0 Å². The van der Waals surface area contributed by atoms with Crippen LogP contribution in [-0.2, 0) is 7.05 Å². The van der Waals surface area contributed by atoms with Gasteiger partial charge in [-0.1, -0.05) is 23.7 Å². The van der Waals surface area contributed by atoms with Gasteiger partial charge in [0, 0.05) is 31.6 Å². The molecule has 1 atom stereocenters. The molecule has 0 unspecified atom stereocenters. The summed E-state index contributed by atoms with van der Waals surface area (Å²) >= 11 is 6.25. The SMILES string of the molecule is COc1cccc([C@H](Nc2ccc([N+](=O)[O-])cc2Cl)c2nccn2C)c1. The zero-order valence-electron chi connectivity index (χ0n) is 14.2. The summed E-state index contributed by atoms with van der Waals surface area (Å²) in [5, 5.41) is 14.5. The largest absolute Gasteiger partial charge is 0.497 e. The van der Waals surface area contributed by atoms with Gasteiger partial charge in [-0.2, -0.15) is 0 Å². The molecular formula is C18H17ClN4O3. The maximum absolute atomic E-state index is 10.9. The fourth-order valence-corrected chi connectivity index (χ4v) is 2.89. The second-order valence-electron chi connectivity index (χ2n) is 5.67. The zero-order chi connectivity index (χ0) is 18.7. The quantitative estimate of drug-likeness (QED) is 0.518. The Hall–Kier alpha value is -3.06. The van der Waals surface area contributed by atoms with Gasteiger partial charge >= 0.3 is 0 Å². The Labute approximate surface area is 155 Å². The molecule has 0 aliphatic rings. The van der Waals surface area contributed by atoms with E-state index in [0.29, 0.717) is 5.69 Å². The number of hydrogen-bond donors (Lipinski definition) is 1. The number of nitro groups is 1. The second-order valence-corrected chi connectivity index (χ2v) is 6.08. The van der Waals surface area contributed by atoms with Gasteiger partial charge in [0.2, 0.25) is 0 Å². The first-order valence-electron chi connectivity index (χ1n) is 7.81. The number of nitrogens with zero attached hydrogens (tertiary/aromatic N) is 3. The van der Waals surface area contributed by atoms with Crippen LogP contribution in [0.3, 0.4) is 0 Å². The standard InChI is InChI=1S/C18H17ClN4O3/c1-22-9-8-20-18(22)17(12-4-3-5-14(10-12)26-2)21-16-7-6-13(23(24)25)11-15(16)19/h3-11,17,21H,1-2H3/t17-/m0/s1. The summed E-state index contributed by atoms with van der Waals surface area (Å²) in [6.45, 7) is 0. The number of rotatable bonds is 6. The van der Waals surface area contributed by atoms with E-state index < -0.39 is 4.92 Å². The molecule has 134 valence electrons. The minimum absolute atomic E-state index is 0.0597. The number of ether oxygens (including phenoxy) is 1. The topological polar surface area (TPSA) is 82.2 Å². The van der Waals surface area contributed by atoms with Crippen molar-refractivity contribution in [1.82, 2.24) is 9.55 Å². The summed E-state index contributed by atoms with van der Waals surface area (Å²) in [6.07, 6.45) is 3.56. The van der Waals surface area contributed by atoms with Gasteiger partial charge in [-0.25, -0.2) is 4.98 Å². The van der Waals surface area contributed by atoms with Gasteiger partial charge in [0.15, 0.2) is 0 Å². The lowest BCUT2D eigenvalue weighted by Crippen LogP contribution is -2.17. The molecule has 3 aromatic rings. The number of benzene rings is 2. The van der Waals surface area contributed by atoms with E-state index in [4.69, 9.17) is 16.3 Å². The molecule has 2 aromatic carbocycles. The Morgan fingerprint density at radius 2 is 2.12 bits per heavy atom. The van der Waals surface area contributed by atoms with E-state index in [0.717, 1.165) is 17.1 Å². The van der Waals surface area contributed by atoms with Crippen molar-refractivity contribution in [2.75, 3.05) is 12.4 Å². The summed E-state index contributed by atoms with van der Waals surface area (Å²) < 4.78 is 7.21. The van der Waals surface area contributed by atoms with E-state index in [1.165, 1.54) is 12.1 Å². The molecular weight excluding hydrogens is 356 g/mol. The number of nitro benzene ring substituents is 1. The summed E-state index contributed by atoms with van der Waals surface area (Å²) in [4.78, 5) is 14.9. The molecule has 0 saturated carbocycles. The first-order chi connectivity index (χ1) is 12.5. The highest BCUT2D eigenvalue weighted by Crippen LogP contribution is 2.33. The molecule has 1 N–H and O–H groups in total. The van der Waals surface area contributed by atoms with Gasteiger partial charge in [-0.15, -0.1) is 0 Å². The minimum atomic E-state index is -0.478. The molecule has 7 nitrogen and oxygen atoms in total. The van der Waals surface area contributed by atoms with E-state index in [1.807, 2.05) is 42.1 Å². The van der Waals surface area contributed by atoms with Gasteiger partial charge < -0.3 is 14.6 Å². The molecule has 3 rings (SSSR count). The van der Waals surface area contributed by atoms with Crippen molar-refractivity contribution in [3.8, 4) is 5.75 Å². The van der Waals surface area contributed by atoms with Crippen molar-refractivity contribution in [2.24, 2.45) is 7.05 Å². The first-order valence-corrected chi connectivity index (χ1v) is 8.19. The second kappa shape index (κ2) is 7.45. The van der Waals surface area contributed by atoms with Gasteiger partial charge in [0.25, 0.3) is 5.69 Å². The molecule has 26 heavy (non-hydrogen) atoms. The Morgan fingerprint density at radius 1 is 1.31 bits per heavy atom. The smallest absolute Gasteiger partial charge is 0.271 e. The molecule has 0 bridgehead atoms. The molecule has 0 spiro atoms. The van der Waals surface area contributed by atoms with Crippen LogP contribution >= 0.6 is 11.6 Å². The third kappa shape index (κ3) is 3.62. The molecule has 0 fully saturated rings.